The van der Waals surface area contributed by atoms with Crippen molar-refractivity contribution in [1.82, 2.24) is 5.32 Å². The standard InChI is InChI=1S/C15H23FN2O/c1-2-18(9-4-10-19)15-6-3-5-14(16)13(15)11-17-12-7-8-12/h3,5-6,12,17,19H,2,4,7-11H2,1H3. The van der Waals surface area contributed by atoms with Crippen LogP contribution in [0.5, 0.6) is 0 Å². The fourth-order valence-corrected chi connectivity index (χ4v) is 2.26. The first-order valence-corrected chi connectivity index (χ1v) is 7.12. The van der Waals surface area contributed by atoms with Crippen LogP contribution in [0.25, 0.3) is 0 Å². The Morgan fingerprint density at radius 1 is 1.42 bits per heavy atom. The second kappa shape index (κ2) is 6.87. The molecule has 1 aliphatic rings. The predicted molar refractivity (Wildman–Crippen MR) is 75.9 cm³/mol. The Kier molecular flexibility index (Phi) is 5.16. The van der Waals surface area contributed by atoms with E-state index < -0.39 is 0 Å². The summed E-state index contributed by atoms with van der Waals surface area (Å²) in [7, 11) is 0. The summed E-state index contributed by atoms with van der Waals surface area (Å²) in [6.07, 6.45) is 3.11. The summed E-state index contributed by atoms with van der Waals surface area (Å²) in [5.74, 6) is -0.145. The zero-order valence-corrected chi connectivity index (χ0v) is 11.5. The maximum absolute atomic E-state index is 14.0. The third-order valence-electron chi connectivity index (χ3n) is 3.55. The third kappa shape index (κ3) is 3.91. The van der Waals surface area contributed by atoms with Crippen LogP contribution in [0.15, 0.2) is 18.2 Å². The molecule has 0 heterocycles. The largest absolute Gasteiger partial charge is 0.396 e. The van der Waals surface area contributed by atoms with Crippen LogP contribution in [0.2, 0.25) is 0 Å². The van der Waals surface area contributed by atoms with Gasteiger partial charge in [-0.25, -0.2) is 4.39 Å². The molecular weight excluding hydrogens is 243 g/mol. The number of nitrogens with zero attached hydrogens (tertiary/aromatic N) is 1. The van der Waals surface area contributed by atoms with Crippen LogP contribution in [0.1, 0.15) is 31.7 Å². The van der Waals surface area contributed by atoms with E-state index in [9.17, 15) is 4.39 Å². The number of aliphatic hydroxyl groups is 1. The molecule has 1 aromatic carbocycles. The first-order chi connectivity index (χ1) is 9.26. The maximum Gasteiger partial charge on any atom is 0.129 e. The van der Waals surface area contributed by atoms with E-state index in [0.717, 1.165) is 24.3 Å². The van der Waals surface area contributed by atoms with E-state index in [1.54, 1.807) is 6.07 Å². The topological polar surface area (TPSA) is 35.5 Å². The molecule has 0 unspecified atom stereocenters. The van der Waals surface area contributed by atoms with E-state index in [1.807, 2.05) is 6.07 Å². The van der Waals surface area contributed by atoms with E-state index in [4.69, 9.17) is 5.11 Å². The van der Waals surface area contributed by atoms with E-state index in [2.05, 4.69) is 17.1 Å². The molecule has 4 heteroatoms. The number of hydrogen-bond acceptors (Lipinski definition) is 3. The summed E-state index contributed by atoms with van der Waals surface area (Å²) in [6.45, 7) is 4.39. The molecule has 1 aromatic rings. The molecule has 1 aliphatic carbocycles. The molecule has 0 spiro atoms. The SMILES string of the molecule is CCN(CCCO)c1cccc(F)c1CNC1CC1. The molecule has 0 atom stereocenters. The van der Waals surface area contributed by atoms with Crippen LogP contribution in [-0.4, -0.2) is 30.8 Å². The highest BCUT2D eigenvalue weighted by Gasteiger charge is 2.22. The highest BCUT2D eigenvalue weighted by Crippen LogP contribution is 2.25. The number of hydrogen-bond donors (Lipinski definition) is 2. The highest BCUT2D eigenvalue weighted by atomic mass is 19.1. The molecule has 0 bridgehead atoms. The number of benzene rings is 1. The number of anilines is 1. The van der Waals surface area contributed by atoms with Gasteiger partial charge in [-0.3, -0.25) is 0 Å². The quantitative estimate of drug-likeness (QED) is 0.758. The molecule has 1 fully saturated rings. The normalized spacial score (nSPS) is 14.7. The van der Waals surface area contributed by atoms with Crippen molar-refractivity contribution in [3.05, 3.63) is 29.6 Å². The van der Waals surface area contributed by atoms with Gasteiger partial charge in [0.1, 0.15) is 5.82 Å². The van der Waals surface area contributed by atoms with Gasteiger partial charge >= 0.3 is 0 Å². The van der Waals surface area contributed by atoms with Crippen molar-refractivity contribution in [2.24, 2.45) is 0 Å². The van der Waals surface area contributed by atoms with Gasteiger partial charge in [-0.2, -0.15) is 0 Å². The Morgan fingerprint density at radius 2 is 2.21 bits per heavy atom. The molecule has 0 amide bonds. The van der Waals surface area contributed by atoms with Gasteiger partial charge in [0, 0.05) is 43.5 Å². The van der Waals surface area contributed by atoms with Crippen molar-refractivity contribution >= 4 is 5.69 Å². The first-order valence-electron chi connectivity index (χ1n) is 7.12. The second-order valence-corrected chi connectivity index (χ2v) is 5.05. The molecule has 0 aromatic heterocycles. The molecule has 19 heavy (non-hydrogen) atoms. The van der Waals surface area contributed by atoms with E-state index in [0.29, 0.717) is 19.0 Å². The van der Waals surface area contributed by atoms with Crippen LogP contribution in [0.3, 0.4) is 0 Å². The lowest BCUT2D eigenvalue weighted by Gasteiger charge is -2.26. The van der Waals surface area contributed by atoms with E-state index in [-0.39, 0.29) is 12.4 Å². The van der Waals surface area contributed by atoms with Gasteiger partial charge in [0.15, 0.2) is 0 Å². The Labute approximate surface area is 114 Å². The minimum atomic E-state index is -0.145. The number of nitrogens with one attached hydrogen (secondary N) is 1. The number of aliphatic hydroxyl groups excluding tert-OH is 1. The average Bonchev–Trinajstić information content (AvgIpc) is 3.23. The van der Waals surface area contributed by atoms with Crippen LogP contribution >= 0.6 is 0 Å². The van der Waals surface area contributed by atoms with Crippen molar-refractivity contribution in [2.75, 3.05) is 24.6 Å². The fourth-order valence-electron chi connectivity index (χ4n) is 2.26. The van der Waals surface area contributed by atoms with Crippen molar-refractivity contribution in [1.29, 1.82) is 0 Å². The lowest BCUT2D eigenvalue weighted by molar-refractivity contribution is 0.289. The maximum atomic E-state index is 14.0. The second-order valence-electron chi connectivity index (χ2n) is 5.05. The van der Waals surface area contributed by atoms with Gasteiger partial charge < -0.3 is 15.3 Å². The van der Waals surface area contributed by atoms with E-state index in [1.165, 1.54) is 18.9 Å². The van der Waals surface area contributed by atoms with Crippen molar-refractivity contribution < 1.29 is 9.50 Å². The molecule has 3 nitrogen and oxygen atoms in total. The molecule has 0 radical (unpaired) electrons. The minimum Gasteiger partial charge on any atom is -0.396 e. The highest BCUT2D eigenvalue weighted by molar-refractivity contribution is 5.54. The number of rotatable bonds is 8. The lowest BCUT2D eigenvalue weighted by Crippen LogP contribution is -2.27. The Bertz CT molecular complexity index is 407. The zero-order valence-electron chi connectivity index (χ0n) is 11.5. The molecule has 0 aliphatic heterocycles. The van der Waals surface area contributed by atoms with Crippen molar-refractivity contribution in [3.8, 4) is 0 Å². The summed E-state index contributed by atoms with van der Waals surface area (Å²) in [5.41, 5.74) is 1.69. The first kappa shape index (κ1) is 14.3. The van der Waals surface area contributed by atoms with Gasteiger partial charge in [0.25, 0.3) is 0 Å². The summed E-state index contributed by atoms with van der Waals surface area (Å²) >= 11 is 0. The summed E-state index contributed by atoms with van der Waals surface area (Å²) in [6, 6.07) is 5.81. The van der Waals surface area contributed by atoms with Crippen LogP contribution in [0, 0.1) is 5.82 Å². The molecule has 2 N–H and O–H groups in total. The monoisotopic (exact) mass is 266 g/mol. The lowest BCUT2D eigenvalue weighted by atomic mass is 10.1. The summed E-state index contributed by atoms with van der Waals surface area (Å²) < 4.78 is 14.0. The average molecular weight is 266 g/mol. The summed E-state index contributed by atoms with van der Waals surface area (Å²) in [5, 5.41) is 12.3. The van der Waals surface area contributed by atoms with Crippen molar-refractivity contribution in [2.45, 2.75) is 38.8 Å². The van der Waals surface area contributed by atoms with Gasteiger partial charge in [-0.1, -0.05) is 6.07 Å². The smallest absolute Gasteiger partial charge is 0.129 e. The molecule has 106 valence electrons. The number of halogens is 1. The third-order valence-corrected chi connectivity index (χ3v) is 3.55. The molecule has 0 saturated heterocycles. The zero-order chi connectivity index (χ0) is 13.7. The summed E-state index contributed by atoms with van der Waals surface area (Å²) in [4.78, 5) is 2.13. The molecular formula is C15H23FN2O. The van der Waals surface area contributed by atoms with Crippen LogP contribution in [-0.2, 0) is 6.54 Å². The predicted octanol–water partition coefficient (Wildman–Crippen LogP) is 2.29. The Balaban J connectivity index is 2.13. The Hall–Kier alpha value is -1.13. The van der Waals surface area contributed by atoms with Crippen LogP contribution < -0.4 is 10.2 Å². The molecule has 1 saturated carbocycles. The van der Waals surface area contributed by atoms with Gasteiger partial charge in [-0.15, -0.1) is 0 Å². The van der Waals surface area contributed by atoms with Gasteiger partial charge in [0.2, 0.25) is 0 Å². The van der Waals surface area contributed by atoms with E-state index >= 15 is 0 Å². The molecule has 2 rings (SSSR count). The van der Waals surface area contributed by atoms with Crippen molar-refractivity contribution in [3.63, 3.8) is 0 Å². The Morgan fingerprint density at radius 3 is 2.84 bits per heavy atom. The van der Waals surface area contributed by atoms with Crippen LogP contribution in [0.4, 0.5) is 10.1 Å². The van der Waals surface area contributed by atoms with Gasteiger partial charge in [-0.05, 0) is 38.3 Å². The van der Waals surface area contributed by atoms with Gasteiger partial charge in [0.05, 0.1) is 0 Å². The minimum absolute atomic E-state index is 0.145. The fraction of sp³-hybridized carbons (Fsp3) is 0.600.